The fourth-order valence-electron chi connectivity index (χ4n) is 11.0. The molecule has 0 aromatic rings. The highest BCUT2D eigenvalue weighted by Gasteiger charge is 2.19. The van der Waals surface area contributed by atoms with E-state index in [0.29, 0.717) is 19.3 Å². The second-order valence-electron chi connectivity index (χ2n) is 24.5. The molecule has 1 atom stereocenters. The van der Waals surface area contributed by atoms with Gasteiger partial charge >= 0.3 is 17.9 Å². The largest absolute Gasteiger partial charge is 0.462 e. The van der Waals surface area contributed by atoms with E-state index in [1.54, 1.807) is 0 Å². The number of esters is 3. The first kappa shape index (κ1) is 76.9. The van der Waals surface area contributed by atoms with Gasteiger partial charge in [-0.3, -0.25) is 14.4 Å². The highest BCUT2D eigenvalue weighted by molar-refractivity contribution is 5.71. The highest BCUT2D eigenvalue weighted by Crippen LogP contribution is 2.19. The number of rotatable bonds is 67. The van der Waals surface area contributed by atoms with Crippen molar-refractivity contribution < 1.29 is 28.6 Å². The summed E-state index contributed by atoms with van der Waals surface area (Å²) < 4.78 is 17.0. The molecule has 0 aliphatic rings. The zero-order valence-corrected chi connectivity index (χ0v) is 53.7. The van der Waals surface area contributed by atoms with Crippen molar-refractivity contribution in [3.8, 4) is 0 Å². The van der Waals surface area contributed by atoms with Crippen molar-refractivity contribution in [2.24, 2.45) is 0 Å². The van der Waals surface area contributed by atoms with E-state index in [-0.39, 0.29) is 31.1 Å². The van der Waals surface area contributed by atoms with Crippen molar-refractivity contribution in [3.05, 3.63) is 24.3 Å². The first-order valence-electron chi connectivity index (χ1n) is 35.8. The van der Waals surface area contributed by atoms with E-state index >= 15 is 0 Å². The number of allylic oxidation sites excluding steroid dienone is 4. The third kappa shape index (κ3) is 66.6. The molecule has 0 heterocycles. The zero-order valence-electron chi connectivity index (χ0n) is 53.7. The average molecular weight is 1110 g/mol. The average Bonchev–Trinajstić information content (AvgIpc) is 3.45. The quantitative estimate of drug-likeness (QED) is 0.0261. The van der Waals surface area contributed by atoms with Crippen LogP contribution in [0.15, 0.2) is 24.3 Å². The summed E-state index contributed by atoms with van der Waals surface area (Å²) in [6.45, 7) is 6.72. The topological polar surface area (TPSA) is 78.9 Å². The second kappa shape index (κ2) is 68.4. The molecule has 1 unspecified atom stereocenters. The number of hydrogen-bond acceptors (Lipinski definition) is 6. The second-order valence-corrected chi connectivity index (χ2v) is 24.5. The van der Waals surface area contributed by atoms with Crippen molar-refractivity contribution in [2.75, 3.05) is 13.2 Å². The van der Waals surface area contributed by atoms with Gasteiger partial charge in [-0.2, -0.15) is 0 Å². The van der Waals surface area contributed by atoms with Gasteiger partial charge in [0.15, 0.2) is 6.10 Å². The van der Waals surface area contributed by atoms with Crippen molar-refractivity contribution in [3.63, 3.8) is 0 Å². The minimum Gasteiger partial charge on any atom is -0.462 e. The van der Waals surface area contributed by atoms with Gasteiger partial charge in [-0.15, -0.1) is 0 Å². The van der Waals surface area contributed by atoms with Crippen LogP contribution in [0.1, 0.15) is 406 Å². The molecular weight excluding hydrogens is 973 g/mol. The Labute approximate surface area is 493 Å². The van der Waals surface area contributed by atoms with Crippen LogP contribution >= 0.6 is 0 Å². The lowest BCUT2D eigenvalue weighted by Crippen LogP contribution is -2.30. The molecule has 0 rings (SSSR count). The van der Waals surface area contributed by atoms with Gasteiger partial charge in [0, 0.05) is 19.3 Å². The minimum absolute atomic E-state index is 0.0667. The molecule has 0 aromatic carbocycles. The van der Waals surface area contributed by atoms with E-state index in [2.05, 4.69) is 45.1 Å². The summed E-state index contributed by atoms with van der Waals surface area (Å²) in [4.78, 5) is 38.5. The van der Waals surface area contributed by atoms with Gasteiger partial charge < -0.3 is 14.2 Å². The lowest BCUT2D eigenvalue weighted by Gasteiger charge is -2.18. The molecule has 0 aliphatic heterocycles. The van der Waals surface area contributed by atoms with Gasteiger partial charge in [-0.25, -0.2) is 0 Å². The van der Waals surface area contributed by atoms with Gasteiger partial charge in [0.2, 0.25) is 0 Å². The van der Waals surface area contributed by atoms with Gasteiger partial charge in [0.05, 0.1) is 0 Å². The molecule has 0 aliphatic carbocycles. The maximum atomic E-state index is 13.0. The van der Waals surface area contributed by atoms with Gasteiger partial charge in [-0.05, 0) is 70.6 Å². The van der Waals surface area contributed by atoms with Crippen molar-refractivity contribution in [1.29, 1.82) is 0 Å². The molecule has 0 spiro atoms. The number of carbonyl (C=O) groups excluding carboxylic acids is 3. The molecule has 0 fully saturated rings. The lowest BCUT2D eigenvalue weighted by molar-refractivity contribution is -0.167. The maximum absolute atomic E-state index is 13.0. The highest BCUT2D eigenvalue weighted by atomic mass is 16.6. The molecule has 466 valence electrons. The van der Waals surface area contributed by atoms with Crippen LogP contribution in [0.4, 0.5) is 0 Å². The van der Waals surface area contributed by atoms with Crippen LogP contribution in [0.3, 0.4) is 0 Å². The van der Waals surface area contributed by atoms with E-state index in [1.807, 2.05) is 0 Å². The molecule has 6 nitrogen and oxygen atoms in total. The van der Waals surface area contributed by atoms with Crippen LogP contribution in [0.5, 0.6) is 0 Å². The van der Waals surface area contributed by atoms with E-state index in [9.17, 15) is 14.4 Å². The SMILES string of the molecule is CCCCCCCC/C=C\CCCCCCCCCC(=O)OCC(COC(=O)CCCCCCCCCCCCCCC/C=C\CCCCCCCCCC)OC(=O)CCCCCCCCCCCCCCCCCCCCC. The summed E-state index contributed by atoms with van der Waals surface area (Å²) >= 11 is 0. The van der Waals surface area contributed by atoms with Crippen LogP contribution in [0.2, 0.25) is 0 Å². The van der Waals surface area contributed by atoms with Crippen LogP contribution in [-0.4, -0.2) is 37.2 Å². The number of carbonyl (C=O) groups is 3. The number of unbranched alkanes of at least 4 members (excludes halogenated alkanes) is 52. The molecule has 0 aromatic heterocycles. The molecule has 79 heavy (non-hydrogen) atoms. The van der Waals surface area contributed by atoms with E-state index in [4.69, 9.17) is 14.2 Å². The van der Waals surface area contributed by atoms with E-state index < -0.39 is 6.10 Å². The fourth-order valence-corrected chi connectivity index (χ4v) is 11.0. The van der Waals surface area contributed by atoms with Crippen LogP contribution in [-0.2, 0) is 28.6 Å². The Kier molecular flexibility index (Phi) is 66.6. The molecule has 0 N–H and O–H groups in total. The Hall–Kier alpha value is -2.11. The minimum atomic E-state index is -0.771. The van der Waals surface area contributed by atoms with E-state index in [1.165, 1.54) is 308 Å². The van der Waals surface area contributed by atoms with Crippen LogP contribution < -0.4 is 0 Å². The first-order valence-corrected chi connectivity index (χ1v) is 35.8. The summed E-state index contributed by atoms with van der Waals surface area (Å²) in [5.41, 5.74) is 0. The lowest BCUT2D eigenvalue weighted by atomic mass is 10.0. The molecule has 0 radical (unpaired) electrons. The van der Waals surface area contributed by atoms with Crippen molar-refractivity contribution >= 4 is 17.9 Å². The normalized spacial score (nSPS) is 12.1. The predicted molar refractivity (Wildman–Crippen MR) is 344 cm³/mol. The standard InChI is InChI=1S/C73H138O6/c1-4-7-10-13-16-19-22-25-28-31-33-34-35-36-37-38-40-42-45-48-51-54-57-60-63-66-72(75)78-69-70(68-77-71(74)65-62-59-56-53-50-47-44-41-30-27-24-21-18-15-12-9-6-3)79-73(76)67-64-61-58-55-52-49-46-43-39-32-29-26-23-20-17-14-11-8-5-2/h27,30-31,33,70H,4-26,28-29,32,34-69H2,1-3H3/b30-27-,33-31-. The fraction of sp³-hybridized carbons (Fsp3) is 0.904. The smallest absolute Gasteiger partial charge is 0.306 e. The van der Waals surface area contributed by atoms with Crippen LogP contribution in [0.25, 0.3) is 0 Å². The van der Waals surface area contributed by atoms with Gasteiger partial charge in [-0.1, -0.05) is 340 Å². The first-order chi connectivity index (χ1) is 39.0. The molecule has 0 saturated heterocycles. The van der Waals surface area contributed by atoms with Crippen molar-refractivity contribution in [2.45, 2.75) is 412 Å². The Bertz CT molecular complexity index is 1270. The molecule has 0 bridgehead atoms. The Morgan fingerprint density at radius 3 is 0.633 bits per heavy atom. The molecule has 6 heteroatoms. The van der Waals surface area contributed by atoms with E-state index in [0.717, 1.165) is 57.8 Å². The summed E-state index contributed by atoms with van der Waals surface area (Å²) in [5, 5.41) is 0. The summed E-state index contributed by atoms with van der Waals surface area (Å²) in [6, 6.07) is 0. The zero-order chi connectivity index (χ0) is 57.1. The van der Waals surface area contributed by atoms with Crippen LogP contribution in [0, 0.1) is 0 Å². The Balaban J connectivity index is 4.27. The van der Waals surface area contributed by atoms with Gasteiger partial charge in [0.25, 0.3) is 0 Å². The third-order valence-corrected chi connectivity index (χ3v) is 16.4. The Morgan fingerprint density at radius 2 is 0.418 bits per heavy atom. The van der Waals surface area contributed by atoms with Gasteiger partial charge in [0.1, 0.15) is 13.2 Å². The third-order valence-electron chi connectivity index (χ3n) is 16.4. The Morgan fingerprint density at radius 1 is 0.241 bits per heavy atom. The molecule has 0 amide bonds. The molecule has 0 saturated carbocycles. The maximum Gasteiger partial charge on any atom is 0.306 e. The summed E-state index contributed by atoms with van der Waals surface area (Å²) in [7, 11) is 0. The summed E-state index contributed by atoms with van der Waals surface area (Å²) in [5.74, 6) is -0.838. The molecular formula is C73H138O6. The van der Waals surface area contributed by atoms with Crippen molar-refractivity contribution in [1.82, 2.24) is 0 Å². The number of ether oxygens (including phenoxy) is 3. The number of hydrogen-bond donors (Lipinski definition) is 0. The summed E-state index contributed by atoms with van der Waals surface area (Å²) in [6.07, 6.45) is 83.5. The monoisotopic (exact) mass is 1110 g/mol. The predicted octanol–water partition coefficient (Wildman–Crippen LogP) is 24.6.